The Hall–Kier alpha value is -3.11. The first-order valence-electron chi connectivity index (χ1n) is 14.4. The van der Waals surface area contributed by atoms with E-state index < -0.39 is 0 Å². The lowest BCUT2D eigenvalue weighted by Crippen LogP contribution is -2.29. The highest BCUT2D eigenvalue weighted by Gasteiger charge is 2.23. The first kappa shape index (κ1) is 29.4. The van der Waals surface area contributed by atoms with Crippen LogP contribution in [0.5, 0.6) is 0 Å². The number of hydrazine groups is 1. The maximum atomic E-state index is 5.88. The predicted octanol–water partition coefficient (Wildman–Crippen LogP) is 8.09. The molecule has 1 atom stereocenters. The average molecular weight is 513 g/mol. The molecule has 2 aromatic rings. The topological polar surface area (TPSA) is 53.6 Å². The van der Waals surface area contributed by atoms with Gasteiger partial charge in [-0.3, -0.25) is 4.99 Å². The minimum absolute atomic E-state index is 0.281. The molecule has 0 heterocycles. The Morgan fingerprint density at radius 2 is 1.87 bits per heavy atom. The molecular weight excluding hydrogens is 464 g/mol. The first-order chi connectivity index (χ1) is 18.3. The summed E-state index contributed by atoms with van der Waals surface area (Å²) in [5, 5.41) is 0. The van der Waals surface area contributed by atoms with E-state index in [9.17, 15) is 0 Å². The fourth-order valence-electron chi connectivity index (χ4n) is 5.27. The van der Waals surface area contributed by atoms with Gasteiger partial charge in [0.05, 0.1) is 6.04 Å². The van der Waals surface area contributed by atoms with E-state index >= 15 is 0 Å². The van der Waals surface area contributed by atoms with Gasteiger partial charge in [0.1, 0.15) is 5.84 Å². The molecule has 1 aliphatic rings. The van der Waals surface area contributed by atoms with E-state index in [1.54, 1.807) is 0 Å². The molecule has 1 aliphatic carbocycles. The van der Waals surface area contributed by atoms with E-state index in [2.05, 4.69) is 119 Å². The first-order valence-corrected chi connectivity index (χ1v) is 14.4. The monoisotopic (exact) mass is 512 g/mol. The molecule has 204 valence electrons. The van der Waals surface area contributed by atoms with E-state index in [1.165, 1.54) is 46.2 Å². The van der Waals surface area contributed by atoms with Crippen molar-refractivity contribution >= 4 is 17.0 Å². The fourth-order valence-corrected chi connectivity index (χ4v) is 5.27. The number of likely N-dealkylation sites (N-methyl/N-ethyl adjacent to an activating group) is 1. The summed E-state index contributed by atoms with van der Waals surface area (Å²) in [4.78, 5) is 7.20. The second-order valence-corrected chi connectivity index (χ2v) is 10.7. The van der Waals surface area contributed by atoms with Gasteiger partial charge in [-0.25, -0.2) is 5.84 Å². The van der Waals surface area contributed by atoms with Crippen molar-refractivity contribution in [3.8, 4) is 0 Å². The fraction of sp³-hybridized carbons (Fsp3) is 0.441. The van der Waals surface area contributed by atoms with Crippen LogP contribution in [0.4, 0.5) is 0 Å². The Labute approximate surface area is 231 Å². The van der Waals surface area contributed by atoms with Crippen LogP contribution in [0.15, 0.2) is 78.0 Å². The lowest BCUT2D eigenvalue weighted by atomic mass is 9.89. The van der Waals surface area contributed by atoms with Crippen molar-refractivity contribution < 1.29 is 0 Å². The van der Waals surface area contributed by atoms with Crippen LogP contribution in [0.3, 0.4) is 0 Å². The van der Waals surface area contributed by atoms with Crippen molar-refractivity contribution in [2.45, 2.75) is 73.3 Å². The number of aliphatic imine (C=N–C) groups is 1. The number of benzene rings is 2. The second kappa shape index (κ2) is 14.2. The lowest BCUT2D eigenvalue weighted by molar-refractivity contribution is 0.272. The third kappa shape index (κ3) is 7.48. The maximum absolute atomic E-state index is 5.88. The molecule has 0 aromatic heterocycles. The number of hydrogen-bond donors (Lipinski definition) is 2. The van der Waals surface area contributed by atoms with E-state index in [4.69, 9.17) is 10.8 Å². The van der Waals surface area contributed by atoms with Gasteiger partial charge in [0.25, 0.3) is 0 Å². The van der Waals surface area contributed by atoms with Crippen LogP contribution in [0, 0.1) is 18.8 Å². The maximum Gasteiger partial charge on any atom is 0.135 e. The molecule has 3 rings (SSSR count). The normalized spacial score (nSPS) is 15.5. The third-order valence-corrected chi connectivity index (χ3v) is 7.67. The van der Waals surface area contributed by atoms with Crippen molar-refractivity contribution in [2.24, 2.45) is 22.7 Å². The minimum atomic E-state index is 0.281. The smallest absolute Gasteiger partial charge is 0.135 e. The largest absolute Gasteiger partial charge is 0.365 e. The Kier molecular flexibility index (Phi) is 11.0. The Balaban J connectivity index is 1.96. The molecule has 3 N–H and O–H groups in total. The average Bonchev–Trinajstić information content (AvgIpc) is 3.75. The molecule has 0 radical (unpaired) electrons. The number of allylic oxidation sites excluding steroid dienone is 3. The molecule has 4 heteroatoms. The van der Waals surface area contributed by atoms with Crippen LogP contribution in [0.25, 0.3) is 11.1 Å². The van der Waals surface area contributed by atoms with E-state index in [-0.39, 0.29) is 6.04 Å². The molecule has 2 aromatic carbocycles. The van der Waals surface area contributed by atoms with Gasteiger partial charge in [0.15, 0.2) is 0 Å². The summed E-state index contributed by atoms with van der Waals surface area (Å²) >= 11 is 0. The summed E-state index contributed by atoms with van der Waals surface area (Å²) in [6.07, 6.45) is 9.18. The quantitative estimate of drug-likeness (QED) is 0.0937. The van der Waals surface area contributed by atoms with Gasteiger partial charge < -0.3 is 10.3 Å². The third-order valence-electron chi connectivity index (χ3n) is 7.67. The Morgan fingerprint density at radius 1 is 1.16 bits per heavy atom. The second-order valence-electron chi connectivity index (χ2n) is 10.7. The van der Waals surface area contributed by atoms with Crippen molar-refractivity contribution in [3.05, 3.63) is 95.2 Å². The summed E-state index contributed by atoms with van der Waals surface area (Å²) in [6, 6.07) is 17.8. The van der Waals surface area contributed by atoms with Gasteiger partial charge in [-0.15, -0.1) is 0 Å². The molecule has 0 amide bonds. The van der Waals surface area contributed by atoms with Crippen molar-refractivity contribution in [1.29, 1.82) is 0 Å². The summed E-state index contributed by atoms with van der Waals surface area (Å²) in [5.41, 5.74) is 11.3. The van der Waals surface area contributed by atoms with Crippen LogP contribution in [-0.2, 0) is 0 Å². The molecule has 4 nitrogen and oxygen atoms in total. The molecule has 1 fully saturated rings. The number of nitrogens with one attached hydrogen (secondary N) is 1. The lowest BCUT2D eigenvalue weighted by Gasteiger charge is -2.35. The minimum Gasteiger partial charge on any atom is -0.365 e. The molecule has 38 heavy (non-hydrogen) atoms. The zero-order valence-electron chi connectivity index (χ0n) is 24.4. The van der Waals surface area contributed by atoms with Crippen LogP contribution >= 0.6 is 0 Å². The standard InChI is InChI=1S/C34H48N4/c1-8-30(26(7)38(10-3)33(9-2)28-14-12-11-13-15-28)32-22-29(19-16-25(32)6)31(24(4)5)23-34(37-35)36-21-20-27-17-18-27/h8,11-16,19,22-24,27,33H,7,9-10,17-18,20-21,35H2,1-6H3,(H,36,37)/b30-8-,31-23+. The predicted molar refractivity (Wildman–Crippen MR) is 166 cm³/mol. The van der Waals surface area contributed by atoms with Crippen molar-refractivity contribution in [2.75, 3.05) is 13.1 Å². The van der Waals surface area contributed by atoms with Crippen molar-refractivity contribution in [1.82, 2.24) is 10.3 Å². The molecule has 1 unspecified atom stereocenters. The molecule has 1 saturated carbocycles. The summed E-state index contributed by atoms with van der Waals surface area (Å²) in [5.74, 6) is 7.81. The van der Waals surface area contributed by atoms with Gasteiger partial charge in [-0.05, 0) is 85.4 Å². The summed E-state index contributed by atoms with van der Waals surface area (Å²) in [6.45, 7) is 19.6. The van der Waals surface area contributed by atoms with Crippen LogP contribution in [0.1, 0.15) is 88.6 Å². The summed E-state index contributed by atoms with van der Waals surface area (Å²) < 4.78 is 0. The van der Waals surface area contributed by atoms with Gasteiger partial charge >= 0.3 is 0 Å². The number of nitrogens with two attached hydrogens (primary N) is 1. The van der Waals surface area contributed by atoms with Crippen LogP contribution in [0.2, 0.25) is 0 Å². The van der Waals surface area contributed by atoms with Gasteiger partial charge in [0.2, 0.25) is 0 Å². The highest BCUT2D eigenvalue weighted by molar-refractivity contribution is 5.99. The molecule has 0 saturated heterocycles. The highest BCUT2D eigenvalue weighted by Crippen LogP contribution is 2.36. The molecule has 0 aliphatic heterocycles. The Morgan fingerprint density at radius 3 is 2.42 bits per heavy atom. The number of amidine groups is 1. The number of hydrogen-bond acceptors (Lipinski definition) is 3. The molecular formula is C34H48N4. The SMILES string of the molecule is C=C(/C(=C/C)c1cc(/C(=C/C(=NCCC2CC2)NN)C(C)C)ccc1C)N(CC)C(CC)c1ccccc1. The zero-order valence-corrected chi connectivity index (χ0v) is 24.4. The number of nitrogens with zero attached hydrogens (tertiary/aromatic N) is 2. The zero-order chi connectivity index (χ0) is 27.7. The van der Waals surface area contributed by atoms with Gasteiger partial charge in [0, 0.05) is 24.4 Å². The number of aryl methyl sites for hydroxylation is 1. The van der Waals surface area contributed by atoms with Crippen molar-refractivity contribution in [3.63, 3.8) is 0 Å². The van der Waals surface area contributed by atoms with E-state index in [1.807, 2.05) is 0 Å². The molecule has 0 spiro atoms. The van der Waals surface area contributed by atoms with Crippen LogP contribution in [-0.4, -0.2) is 23.8 Å². The number of rotatable bonds is 13. The summed E-state index contributed by atoms with van der Waals surface area (Å²) in [7, 11) is 0. The van der Waals surface area contributed by atoms with Crippen LogP contribution < -0.4 is 11.3 Å². The van der Waals surface area contributed by atoms with E-state index in [0.29, 0.717) is 5.92 Å². The van der Waals surface area contributed by atoms with Gasteiger partial charge in [-0.2, -0.15) is 0 Å². The Bertz CT molecular complexity index is 1150. The van der Waals surface area contributed by atoms with E-state index in [0.717, 1.165) is 43.4 Å². The highest BCUT2D eigenvalue weighted by atomic mass is 15.2. The molecule has 0 bridgehead atoms. The van der Waals surface area contributed by atoms with Gasteiger partial charge in [-0.1, -0.05) is 88.7 Å².